The summed E-state index contributed by atoms with van der Waals surface area (Å²) < 4.78 is 5.26. The van der Waals surface area contributed by atoms with Crippen molar-refractivity contribution in [3.05, 3.63) is 0 Å². The number of carbonyl (C=O) groups is 1. The van der Waals surface area contributed by atoms with E-state index >= 15 is 0 Å². The molecule has 1 N–H and O–H groups in total. The summed E-state index contributed by atoms with van der Waals surface area (Å²) in [6, 6.07) is 0. The minimum absolute atomic E-state index is 0.442. The maximum absolute atomic E-state index is 11.2. The Morgan fingerprint density at radius 2 is 2.14 bits per heavy atom. The summed E-state index contributed by atoms with van der Waals surface area (Å²) in [6.45, 7) is 3.23. The number of ether oxygens (including phenoxy) is 1. The van der Waals surface area contributed by atoms with Gasteiger partial charge in [-0.15, -0.1) is 0 Å². The van der Waals surface area contributed by atoms with Gasteiger partial charge in [0.25, 0.3) is 0 Å². The molecular formula is C11H18O3. The Bertz CT molecular complexity index is 227. The SMILES string of the molecule is CCOCCC1(C(=O)O)CC2CC2C1. The van der Waals surface area contributed by atoms with Crippen LogP contribution in [0.1, 0.15) is 32.6 Å². The van der Waals surface area contributed by atoms with Crippen molar-refractivity contribution < 1.29 is 14.6 Å². The van der Waals surface area contributed by atoms with E-state index < -0.39 is 11.4 Å². The van der Waals surface area contributed by atoms with Gasteiger partial charge in [-0.2, -0.15) is 0 Å². The Morgan fingerprint density at radius 1 is 1.50 bits per heavy atom. The van der Waals surface area contributed by atoms with Crippen molar-refractivity contribution in [3.63, 3.8) is 0 Å². The van der Waals surface area contributed by atoms with Crippen molar-refractivity contribution in [2.45, 2.75) is 32.6 Å². The third kappa shape index (κ3) is 1.65. The first-order valence-corrected chi connectivity index (χ1v) is 5.49. The second-order valence-electron chi connectivity index (χ2n) is 4.70. The van der Waals surface area contributed by atoms with E-state index in [-0.39, 0.29) is 0 Å². The molecule has 0 amide bonds. The van der Waals surface area contributed by atoms with Crippen LogP contribution in [0.4, 0.5) is 0 Å². The normalized spacial score (nSPS) is 39.5. The molecule has 2 rings (SSSR count). The maximum atomic E-state index is 11.2. The van der Waals surface area contributed by atoms with E-state index in [1.54, 1.807) is 0 Å². The molecule has 14 heavy (non-hydrogen) atoms. The lowest BCUT2D eigenvalue weighted by Gasteiger charge is -2.25. The fourth-order valence-corrected chi connectivity index (χ4v) is 2.79. The van der Waals surface area contributed by atoms with Crippen molar-refractivity contribution in [1.82, 2.24) is 0 Å². The van der Waals surface area contributed by atoms with E-state index in [2.05, 4.69) is 0 Å². The van der Waals surface area contributed by atoms with Crippen LogP contribution in [-0.4, -0.2) is 24.3 Å². The van der Waals surface area contributed by atoms with Gasteiger partial charge in [-0.3, -0.25) is 4.79 Å². The molecule has 0 aromatic heterocycles. The largest absolute Gasteiger partial charge is 0.481 e. The molecule has 3 heteroatoms. The highest BCUT2D eigenvalue weighted by molar-refractivity contribution is 5.75. The van der Waals surface area contributed by atoms with Gasteiger partial charge in [0.2, 0.25) is 0 Å². The zero-order chi connectivity index (χ0) is 10.2. The van der Waals surface area contributed by atoms with Crippen LogP contribution < -0.4 is 0 Å². The molecule has 2 fully saturated rings. The number of carboxylic acid groups (broad SMARTS) is 1. The molecule has 0 spiro atoms. The predicted octanol–water partition coefficient (Wildman–Crippen LogP) is 1.91. The molecule has 2 saturated carbocycles. The van der Waals surface area contributed by atoms with Crippen molar-refractivity contribution in [2.24, 2.45) is 17.3 Å². The molecule has 0 saturated heterocycles. The number of rotatable bonds is 5. The van der Waals surface area contributed by atoms with Crippen LogP contribution >= 0.6 is 0 Å². The predicted molar refractivity (Wildman–Crippen MR) is 52.0 cm³/mol. The first kappa shape index (κ1) is 9.97. The van der Waals surface area contributed by atoms with Crippen LogP contribution in [-0.2, 0) is 9.53 Å². The molecular weight excluding hydrogens is 180 g/mol. The highest BCUT2D eigenvalue weighted by atomic mass is 16.5. The molecule has 2 unspecified atom stereocenters. The van der Waals surface area contributed by atoms with E-state index in [4.69, 9.17) is 4.74 Å². The van der Waals surface area contributed by atoms with Gasteiger partial charge in [-0.05, 0) is 44.4 Å². The van der Waals surface area contributed by atoms with E-state index in [1.807, 2.05) is 6.92 Å². The number of hydrogen-bond donors (Lipinski definition) is 1. The van der Waals surface area contributed by atoms with Crippen LogP contribution in [0.5, 0.6) is 0 Å². The summed E-state index contributed by atoms with van der Waals surface area (Å²) in [5.41, 5.74) is -0.442. The smallest absolute Gasteiger partial charge is 0.309 e. The van der Waals surface area contributed by atoms with Crippen LogP contribution in [0.15, 0.2) is 0 Å². The first-order chi connectivity index (χ1) is 6.68. The van der Waals surface area contributed by atoms with Crippen LogP contribution in [0.2, 0.25) is 0 Å². The molecule has 2 aliphatic carbocycles. The third-order valence-electron chi connectivity index (χ3n) is 3.76. The monoisotopic (exact) mass is 198 g/mol. The number of fused-ring (bicyclic) bond motifs is 1. The Labute approximate surface area is 84.4 Å². The zero-order valence-corrected chi connectivity index (χ0v) is 8.66. The van der Waals surface area contributed by atoms with Crippen molar-refractivity contribution in [3.8, 4) is 0 Å². The van der Waals surface area contributed by atoms with Crippen LogP contribution in [0.25, 0.3) is 0 Å². The van der Waals surface area contributed by atoms with Gasteiger partial charge >= 0.3 is 5.97 Å². The van der Waals surface area contributed by atoms with E-state index in [9.17, 15) is 9.90 Å². The summed E-state index contributed by atoms with van der Waals surface area (Å²) in [5.74, 6) is 0.824. The van der Waals surface area contributed by atoms with Crippen LogP contribution in [0, 0.1) is 17.3 Å². The van der Waals surface area contributed by atoms with Crippen molar-refractivity contribution in [1.29, 1.82) is 0 Å². The van der Waals surface area contributed by atoms with Gasteiger partial charge in [0, 0.05) is 13.2 Å². The van der Waals surface area contributed by atoms with Gasteiger partial charge < -0.3 is 9.84 Å². The van der Waals surface area contributed by atoms with E-state index in [1.165, 1.54) is 6.42 Å². The van der Waals surface area contributed by atoms with Crippen LogP contribution in [0.3, 0.4) is 0 Å². The highest BCUT2D eigenvalue weighted by Gasteiger charge is 2.57. The van der Waals surface area contributed by atoms with Crippen molar-refractivity contribution in [2.75, 3.05) is 13.2 Å². The summed E-state index contributed by atoms with van der Waals surface area (Å²) >= 11 is 0. The topological polar surface area (TPSA) is 46.5 Å². The molecule has 0 aromatic rings. The lowest BCUT2D eigenvalue weighted by molar-refractivity contribution is -0.150. The third-order valence-corrected chi connectivity index (χ3v) is 3.76. The molecule has 2 atom stereocenters. The second kappa shape index (κ2) is 3.54. The Balaban J connectivity index is 1.90. The van der Waals surface area contributed by atoms with Crippen molar-refractivity contribution >= 4 is 5.97 Å². The standard InChI is InChI=1S/C11H18O3/c1-2-14-4-3-11(10(12)13)6-8-5-9(8)7-11/h8-9H,2-7H2,1H3,(H,12,13). The van der Waals surface area contributed by atoms with Gasteiger partial charge in [-0.25, -0.2) is 0 Å². The molecule has 0 bridgehead atoms. The summed E-state index contributed by atoms with van der Waals surface area (Å²) in [7, 11) is 0. The number of carboxylic acids is 1. The van der Waals surface area contributed by atoms with Gasteiger partial charge in [0.1, 0.15) is 0 Å². The lowest BCUT2D eigenvalue weighted by atomic mass is 9.80. The fourth-order valence-electron chi connectivity index (χ4n) is 2.79. The summed E-state index contributed by atoms with van der Waals surface area (Å²) in [4.78, 5) is 11.2. The quantitative estimate of drug-likeness (QED) is 0.686. The first-order valence-electron chi connectivity index (χ1n) is 5.49. The average molecular weight is 198 g/mol. The summed E-state index contributed by atoms with van der Waals surface area (Å²) in [5, 5.41) is 9.25. The average Bonchev–Trinajstić information content (AvgIpc) is 2.75. The van der Waals surface area contributed by atoms with E-state index in [0.29, 0.717) is 31.5 Å². The molecule has 0 heterocycles. The molecule has 3 nitrogen and oxygen atoms in total. The summed E-state index contributed by atoms with van der Waals surface area (Å²) in [6.07, 6.45) is 3.74. The Kier molecular flexibility index (Phi) is 2.52. The Morgan fingerprint density at radius 3 is 2.64 bits per heavy atom. The molecule has 2 aliphatic rings. The fraction of sp³-hybridized carbons (Fsp3) is 0.909. The maximum Gasteiger partial charge on any atom is 0.309 e. The second-order valence-corrected chi connectivity index (χ2v) is 4.70. The van der Waals surface area contributed by atoms with Gasteiger partial charge in [0.15, 0.2) is 0 Å². The lowest BCUT2D eigenvalue weighted by Crippen LogP contribution is -2.31. The van der Waals surface area contributed by atoms with Gasteiger partial charge in [-0.1, -0.05) is 0 Å². The minimum Gasteiger partial charge on any atom is -0.481 e. The zero-order valence-electron chi connectivity index (χ0n) is 8.66. The molecule has 80 valence electrons. The number of hydrogen-bond acceptors (Lipinski definition) is 2. The number of aliphatic carboxylic acids is 1. The Hall–Kier alpha value is -0.570. The minimum atomic E-state index is -0.607. The van der Waals surface area contributed by atoms with E-state index in [0.717, 1.165) is 12.8 Å². The highest BCUT2D eigenvalue weighted by Crippen LogP contribution is 2.61. The molecule has 0 radical (unpaired) electrons. The molecule has 0 aromatic carbocycles. The molecule has 0 aliphatic heterocycles. The van der Waals surface area contributed by atoms with Gasteiger partial charge in [0.05, 0.1) is 5.41 Å².